The smallest absolute Gasteiger partial charge is 0.131 e. The quantitative estimate of drug-likeness (QED) is 0.750. The van der Waals surface area contributed by atoms with Gasteiger partial charge in [0.1, 0.15) is 5.75 Å². The van der Waals surface area contributed by atoms with E-state index in [0.717, 1.165) is 23.1 Å². The second-order valence-electron chi connectivity index (χ2n) is 5.22. The van der Waals surface area contributed by atoms with Gasteiger partial charge < -0.3 is 10.5 Å². The fraction of sp³-hybridized carbons (Fsp3) is 0.222. The Kier molecular flexibility index (Phi) is 4.23. The predicted octanol–water partition coefficient (Wildman–Crippen LogP) is 4.54. The van der Waals surface area contributed by atoms with Crippen molar-refractivity contribution in [1.82, 2.24) is 0 Å². The van der Waals surface area contributed by atoms with Crippen LogP contribution in [0.5, 0.6) is 5.75 Å². The molecule has 0 bridgehead atoms. The van der Waals surface area contributed by atoms with Crippen LogP contribution < -0.4 is 10.5 Å². The van der Waals surface area contributed by atoms with E-state index in [-0.39, 0.29) is 6.04 Å². The van der Waals surface area contributed by atoms with E-state index in [4.69, 9.17) is 10.5 Å². The monoisotopic (exact) mass is 297 g/mol. The van der Waals surface area contributed by atoms with Crippen LogP contribution in [0.15, 0.2) is 53.2 Å². The summed E-state index contributed by atoms with van der Waals surface area (Å²) in [5.41, 5.74) is 8.48. The Balaban J connectivity index is 1.89. The van der Waals surface area contributed by atoms with Gasteiger partial charge in [-0.1, -0.05) is 36.4 Å². The van der Waals surface area contributed by atoms with Crippen LogP contribution in [0.3, 0.4) is 0 Å². The molecule has 1 heterocycles. The van der Waals surface area contributed by atoms with E-state index in [1.54, 1.807) is 11.3 Å². The second kappa shape index (κ2) is 6.29. The van der Waals surface area contributed by atoms with Crippen molar-refractivity contribution in [2.24, 2.45) is 5.73 Å². The topological polar surface area (TPSA) is 35.2 Å². The summed E-state index contributed by atoms with van der Waals surface area (Å²) >= 11 is 1.72. The van der Waals surface area contributed by atoms with Crippen LogP contribution in [0.1, 0.15) is 24.1 Å². The predicted molar refractivity (Wildman–Crippen MR) is 90.1 cm³/mol. The number of nitrogens with two attached hydrogens (primary N) is 1. The standard InChI is InChI=1S/C18H19NOS/c1-13(19)16-7-6-15-4-2-3-5-17(15)18(16)20-10-8-14-9-11-21-12-14/h2-7,9,11-13H,8,10,19H2,1H3/t13-/m1/s1. The van der Waals surface area contributed by atoms with Crippen molar-refractivity contribution < 1.29 is 4.74 Å². The van der Waals surface area contributed by atoms with E-state index in [1.807, 2.05) is 19.1 Å². The molecule has 2 nitrogen and oxygen atoms in total. The van der Waals surface area contributed by atoms with Crippen molar-refractivity contribution in [3.05, 3.63) is 64.4 Å². The van der Waals surface area contributed by atoms with Gasteiger partial charge in [-0.2, -0.15) is 11.3 Å². The lowest BCUT2D eigenvalue weighted by atomic mass is 10.0. The van der Waals surface area contributed by atoms with Gasteiger partial charge in [-0.25, -0.2) is 0 Å². The van der Waals surface area contributed by atoms with Crippen LogP contribution in [0.2, 0.25) is 0 Å². The molecular weight excluding hydrogens is 278 g/mol. The molecule has 0 amide bonds. The van der Waals surface area contributed by atoms with Crippen LogP contribution in [0.25, 0.3) is 10.8 Å². The molecule has 108 valence electrons. The zero-order valence-corrected chi connectivity index (χ0v) is 12.9. The first-order valence-corrected chi connectivity index (χ1v) is 8.11. The number of benzene rings is 2. The van der Waals surface area contributed by atoms with Crippen LogP contribution in [0, 0.1) is 0 Å². The molecule has 3 rings (SSSR count). The van der Waals surface area contributed by atoms with Gasteiger partial charge in [0.05, 0.1) is 6.61 Å². The van der Waals surface area contributed by atoms with Crippen LogP contribution >= 0.6 is 11.3 Å². The highest BCUT2D eigenvalue weighted by Crippen LogP contribution is 2.33. The molecule has 0 radical (unpaired) electrons. The second-order valence-corrected chi connectivity index (χ2v) is 6.00. The molecule has 21 heavy (non-hydrogen) atoms. The fourth-order valence-electron chi connectivity index (χ4n) is 2.49. The van der Waals surface area contributed by atoms with Gasteiger partial charge >= 0.3 is 0 Å². The van der Waals surface area contributed by atoms with Crippen molar-refractivity contribution in [2.75, 3.05) is 6.61 Å². The van der Waals surface area contributed by atoms with Crippen molar-refractivity contribution in [1.29, 1.82) is 0 Å². The van der Waals surface area contributed by atoms with Crippen LogP contribution in [-0.4, -0.2) is 6.61 Å². The molecule has 0 unspecified atom stereocenters. The molecule has 1 atom stereocenters. The molecule has 0 aliphatic carbocycles. The Morgan fingerprint density at radius 3 is 2.76 bits per heavy atom. The molecular formula is C18H19NOS. The maximum absolute atomic E-state index is 6.11. The van der Waals surface area contributed by atoms with E-state index >= 15 is 0 Å². The summed E-state index contributed by atoms with van der Waals surface area (Å²) in [6.45, 7) is 2.67. The summed E-state index contributed by atoms with van der Waals surface area (Å²) < 4.78 is 6.11. The van der Waals surface area contributed by atoms with Gasteiger partial charge in [0, 0.05) is 23.4 Å². The van der Waals surface area contributed by atoms with Crippen molar-refractivity contribution in [3.63, 3.8) is 0 Å². The third-order valence-corrected chi connectivity index (χ3v) is 4.35. The number of hydrogen-bond acceptors (Lipinski definition) is 3. The first-order valence-electron chi connectivity index (χ1n) is 7.17. The molecule has 1 aromatic heterocycles. The highest BCUT2D eigenvalue weighted by Gasteiger charge is 2.12. The molecule has 0 aliphatic heterocycles. The fourth-order valence-corrected chi connectivity index (χ4v) is 3.19. The zero-order valence-electron chi connectivity index (χ0n) is 12.1. The maximum atomic E-state index is 6.11. The maximum Gasteiger partial charge on any atom is 0.131 e. The first-order chi connectivity index (χ1) is 10.3. The third kappa shape index (κ3) is 3.09. The van der Waals surface area contributed by atoms with Gasteiger partial charge in [-0.3, -0.25) is 0 Å². The highest BCUT2D eigenvalue weighted by molar-refractivity contribution is 7.07. The van der Waals surface area contributed by atoms with Gasteiger partial charge in [0.25, 0.3) is 0 Å². The molecule has 2 aromatic carbocycles. The molecule has 3 aromatic rings. The van der Waals surface area contributed by atoms with E-state index < -0.39 is 0 Å². The van der Waals surface area contributed by atoms with E-state index in [0.29, 0.717) is 6.61 Å². The number of fused-ring (bicyclic) bond motifs is 1. The largest absolute Gasteiger partial charge is 0.492 e. The SMILES string of the molecule is C[C@@H](N)c1ccc2ccccc2c1OCCc1ccsc1. The van der Waals surface area contributed by atoms with Crippen molar-refractivity contribution in [2.45, 2.75) is 19.4 Å². The molecule has 0 aliphatic rings. The third-order valence-electron chi connectivity index (χ3n) is 3.62. The Labute approximate surface area is 129 Å². The molecule has 0 saturated heterocycles. The number of hydrogen-bond donors (Lipinski definition) is 1. The molecule has 3 heteroatoms. The zero-order chi connectivity index (χ0) is 14.7. The minimum atomic E-state index is -0.0363. The van der Waals surface area contributed by atoms with Gasteiger partial charge in [0.15, 0.2) is 0 Å². The summed E-state index contributed by atoms with van der Waals surface area (Å²) in [5.74, 6) is 0.929. The minimum absolute atomic E-state index is 0.0363. The van der Waals surface area contributed by atoms with Crippen molar-refractivity contribution in [3.8, 4) is 5.75 Å². The molecule has 0 spiro atoms. The number of thiophene rings is 1. The summed E-state index contributed by atoms with van der Waals surface area (Å²) in [4.78, 5) is 0. The van der Waals surface area contributed by atoms with Crippen LogP contribution in [0.4, 0.5) is 0 Å². The van der Waals surface area contributed by atoms with Crippen LogP contribution in [-0.2, 0) is 6.42 Å². The normalized spacial score (nSPS) is 12.5. The molecule has 0 saturated carbocycles. The average Bonchev–Trinajstić information content (AvgIpc) is 3.00. The average molecular weight is 297 g/mol. The van der Waals surface area contributed by atoms with E-state index in [9.17, 15) is 0 Å². The molecule has 0 fully saturated rings. The van der Waals surface area contributed by atoms with E-state index in [2.05, 4.69) is 41.1 Å². The number of rotatable bonds is 5. The van der Waals surface area contributed by atoms with Gasteiger partial charge in [-0.05, 0) is 34.7 Å². The summed E-state index contributed by atoms with van der Waals surface area (Å²) in [6, 6.07) is 14.6. The minimum Gasteiger partial charge on any atom is -0.492 e. The summed E-state index contributed by atoms with van der Waals surface area (Å²) in [7, 11) is 0. The van der Waals surface area contributed by atoms with Crippen molar-refractivity contribution >= 4 is 22.1 Å². The lowest BCUT2D eigenvalue weighted by Gasteiger charge is -2.16. The number of ether oxygens (including phenoxy) is 1. The van der Waals surface area contributed by atoms with Gasteiger partial charge in [0.2, 0.25) is 0 Å². The Bertz CT molecular complexity index is 719. The van der Waals surface area contributed by atoms with E-state index in [1.165, 1.54) is 10.9 Å². The Morgan fingerprint density at radius 2 is 2.00 bits per heavy atom. The molecule has 2 N–H and O–H groups in total. The van der Waals surface area contributed by atoms with Gasteiger partial charge in [-0.15, -0.1) is 0 Å². The Hall–Kier alpha value is -1.84. The Morgan fingerprint density at radius 1 is 1.14 bits per heavy atom. The summed E-state index contributed by atoms with van der Waals surface area (Å²) in [6.07, 6.45) is 0.922. The lowest BCUT2D eigenvalue weighted by molar-refractivity contribution is 0.321. The lowest BCUT2D eigenvalue weighted by Crippen LogP contribution is -2.10. The first kappa shape index (κ1) is 14.1. The summed E-state index contributed by atoms with van der Waals surface area (Å²) in [5, 5.41) is 6.59. The highest BCUT2D eigenvalue weighted by atomic mass is 32.1.